The van der Waals surface area contributed by atoms with Crippen LogP contribution in [0.1, 0.15) is 66.2 Å². The Balaban J connectivity index is -0.0000000478. The monoisotopic (exact) mass is 564 g/mol. The zero-order chi connectivity index (χ0) is 26.2. The summed E-state index contributed by atoms with van der Waals surface area (Å²) in [4.78, 5) is 29.9. The fourth-order valence-corrected chi connectivity index (χ4v) is 3.20. The van der Waals surface area contributed by atoms with Crippen molar-refractivity contribution in [1.82, 2.24) is 6.15 Å². The third-order valence-electron chi connectivity index (χ3n) is 3.63. The van der Waals surface area contributed by atoms with Crippen LogP contribution in [0.4, 0.5) is 0 Å². The van der Waals surface area contributed by atoms with Crippen molar-refractivity contribution >= 4 is 46.1 Å². The van der Waals surface area contributed by atoms with Gasteiger partial charge in [-0.05, 0) is 25.8 Å². The number of hydrogen-bond acceptors (Lipinski definition) is 9. The van der Waals surface area contributed by atoms with Crippen LogP contribution in [0, 0.1) is 13.3 Å². The van der Waals surface area contributed by atoms with Crippen LogP contribution < -0.4 is 47.2 Å². The second kappa shape index (κ2) is 36.3. The smallest absolute Gasteiger partial charge is 0.370 e. The van der Waals surface area contributed by atoms with Crippen LogP contribution in [0.5, 0.6) is 0 Å². The molecule has 1 amide bonds. The summed E-state index contributed by atoms with van der Waals surface area (Å²) in [6.45, 7) is 14.3. The maximum absolute atomic E-state index is 11.2. The molecule has 0 aromatic carbocycles. The Labute approximate surface area is 244 Å². The van der Waals surface area contributed by atoms with E-state index in [4.69, 9.17) is 5.73 Å². The molecule has 36 heavy (non-hydrogen) atoms. The summed E-state index contributed by atoms with van der Waals surface area (Å²) in [6, 6.07) is 0. The van der Waals surface area contributed by atoms with E-state index in [2.05, 4.69) is 25.8 Å². The molecule has 1 rings (SSSR count). The van der Waals surface area contributed by atoms with E-state index in [0.29, 0.717) is 32.1 Å². The van der Waals surface area contributed by atoms with Gasteiger partial charge in [-0.2, -0.15) is 0 Å². The van der Waals surface area contributed by atoms with Crippen LogP contribution in [0.15, 0.2) is 24.0 Å². The minimum atomic E-state index is -3.13. The number of aldehydes is 1. The van der Waals surface area contributed by atoms with Gasteiger partial charge in [-0.15, -0.1) is 0 Å². The van der Waals surface area contributed by atoms with Gasteiger partial charge in [0, 0.05) is 44.4 Å². The van der Waals surface area contributed by atoms with Gasteiger partial charge in [0.1, 0.15) is 21.9 Å². The van der Waals surface area contributed by atoms with Gasteiger partial charge in [0.25, 0.3) is 0 Å². The average molecular weight is 565 g/mol. The van der Waals surface area contributed by atoms with Gasteiger partial charge in [-0.3, -0.25) is 9.59 Å². The Kier molecular flexibility index (Phi) is 56.1. The molecule has 3 radical (unpaired) electrons. The molecular formula is C22H48BN3NaO7S2. The second-order valence-corrected chi connectivity index (χ2v) is 10.5. The van der Waals surface area contributed by atoms with Gasteiger partial charge in [0.15, 0.2) is 9.84 Å². The topological polar surface area (TPSA) is 207 Å². The van der Waals surface area contributed by atoms with Crippen LogP contribution in [0.25, 0.3) is 0 Å². The maximum atomic E-state index is 11.2. The summed E-state index contributed by atoms with van der Waals surface area (Å²) in [5.74, 6) is 0.376. The first-order valence-electron chi connectivity index (χ1n) is 10.4. The molecule has 1 aliphatic heterocycles. The third kappa shape index (κ3) is 46.5. The molecule has 0 spiro atoms. The fourth-order valence-electron chi connectivity index (χ4n) is 1.57. The summed E-state index contributed by atoms with van der Waals surface area (Å²) in [5.41, 5.74) is 9.68. The Morgan fingerprint density at radius 1 is 1.00 bits per heavy atom. The molecule has 1 aliphatic rings. The number of amides is 1. The molecule has 1 saturated heterocycles. The second-order valence-electron chi connectivity index (χ2n) is 6.35. The summed E-state index contributed by atoms with van der Waals surface area (Å²) >= 11 is 0. The van der Waals surface area contributed by atoms with Gasteiger partial charge in [0.2, 0.25) is 5.91 Å². The van der Waals surface area contributed by atoms with Crippen LogP contribution in [-0.4, -0.2) is 61.3 Å². The first kappa shape index (κ1) is 55.6. The van der Waals surface area contributed by atoms with Crippen molar-refractivity contribution in [2.75, 3.05) is 18.1 Å². The average Bonchev–Trinajstić information content (AvgIpc) is 2.79. The summed E-state index contributed by atoms with van der Waals surface area (Å²) in [6.07, 6.45) is 4.66. The van der Waals surface area contributed by atoms with E-state index in [9.17, 15) is 31.2 Å². The van der Waals surface area contributed by atoms with Gasteiger partial charge in [-0.25, -0.2) is 16.8 Å². The molecule has 1 heterocycles. The van der Waals surface area contributed by atoms with Crippen molar-refractivity contribution in [1.29, 1.82) is 0 Å². The molecule has 0 saturated carbocycles. The quantitative estimate of drug-likeness (QED) is 0.207. The normalized spacial score (nSPS) is 12.5. The Morgan fingerprint density at radius 2 is 1.31 bits per heavy atom. The van der Waals surface area contributed by atoms with E-state index >= 15 is 0 Å². The first-order chi connectivity index (χ1) is 14.8. The first-order valence-corrected chi connectivity index (χ1v) is 13.9. The molecule has 10 nitrogen and oxygen atoms in total. The fraction of sp³-hybridized carbons (Fsp3) is 0.636. The minimum absolute atomic E-state index is 0. The summed E-state index contributed by atoms with van der Waals surface area (Å²) < 4.78 is 42.3. The predicted octanol–water partition coefficient (Wildman–Crippen LogP) is -0.454. The molecule has 0 bridgehead atoms. The number of nitrogens with two attached hydrogens (primary N) is 2. The Hall–Kier alpha value is -0.825. The van der Waals surface area contributed by atoms with E-state index in [1.54, 1.807) is 6.92 Å². The Morgan fingerprint density at radius 3 is 1.44 bits per heavy atom. The van der Waals surface area contributed by atoms with Crippen LogP contribution in [-0.2, 0) is 34.1 Å². The van der Waals surface area contributed by atoms with Crippen LogP contribution >= 0.6 is 0 Å². The van der Waals surface area contributed by atoms with E-state index in [-0.39, 0.29) is 80.7 Å². The molecule has 0 atom stereocenters. The number of primary amides is 1. The molecule has 0 aliphatic carbocycles. The SMILES string of the molecule is C=CS(=O)(=O)C=C.CCC(=O)C1CCS(=O)(=O)CC1.CCC(N)=O.CCC=O.CCCN.N.[B].[CH3-].[Na+]. The number of carbonyl (C=O) groups excluding carboxylic acids is 3. The summed E-state index contributed by atoms with van der Waals surface area (Å²) in [7, 11) is -5.94. The predicted molar refractivity (Wildman–Crippen MR) is 148 cm³/mol. The van der Waals surface area contributed by atoms with E-state index in [1.165, 1.54) is 0 Å². The van der Waals surface area contributed by atoms with E-state index in [0.717, 1.165) is 30.1 Å². The molecular weight excluding hydrogens is 516 g/mol. The van der Waals surface area contributed by atoms with Crippen LogP contribution in [0.3, 0.4) is 0 Å². The number of hydrogen-bond donors (Lipinski definition) is 3. The maximum Gasteiger partial charge on any atom is 1.00 e. The van der Waals surface area contributed by atoms with Crippen molar-refractivity contribution in [3.8, 4) is 0 Å². The van der Waals surface area contributed by atoms with Gasteiger partial charge in [0.05, 0.1) is 11.5 Å². The number of carbonyl (C=O) groups is 3. The van der Waals surface area contributed by atoms with Gasteiger partial charge < -0.3 is 29.8 Å². The number of rotatable bonds is 7. The number of Topliss-reactive ketones (excluding diaryl/α,β-unsaturated/α-hetero) is 1. The molecule has 7 N–H and O–H groups in total. The van der Waals surface area contributed by atoms with E-state index < -0.39 is 19.7 Å². The molecule has 14 heteroatoms. The Bertz CT molecular complexity index is 719. The van der Waals surface area contributed by atoms with Crippen molar-refractivity contribution in [2.45, 2.75) is 66.2 Å². The standard InChI is InChI=1S/C8H14O3S.C4H6O2S.C3H7NO.C3H9N.C3H6O.CH3.B.H3N.Na/c1-2-8(9)7-3-5-12(10,11)6-4-7;1-3-7(5,6)4-2;1-2-3(4)5;2*1-2-3-4;;;;/h7H,2-6H2,1H3;3-4H,1-2H2;2H2,1H3,(H2,4,5);2-4H2,1H3;3H,2H2,1H3;1H3;;1H3;/q;;;;;-1;;;+1. The molecule has 209 valence electrons. The largest absolute Gasteiger partial charge is 1.00 e. The minimum Gasteiger partial charge on any atom is -0.370 e. The van der Waals surface area contributed by atoms with Crippen LogP contribution in [0.2, 0.25) is 0 Å². The number of sulfone groups is 2. The molecule has 1 fully saturated rings. The molecule has 0 aromatic heterocycles. The van der Waals surface area contributed by atoms with Crippen molar-refractivity contribution in [3.05, 3.63) is 31.4 Å². The number of ketones is 1. The third-order valence-corrected chi connectivity index (χ3v) is 6.27. The molecule has 0 unspecified atom stereocenters. The molecule has 0 aromatic rings. The van der Waals surface area contributed by atoms with E-state index in [1.807, 2.05) is 13.8 Å². The zero-order valence-electron chi connectivity index (χ0n) is 23.2. The van der Waals surface area contributed by atoms with Gasteiger partial charge in [-0.1, -0.05) is 40.9 Å². The van der Waals surface area contributed by atoms with Crippen molar-refractivity contribution < 1.29 is 60.8 Å². The van der Waals surface area contributed by atoms with Crippen molar-refractivity contribution in [2.24, 2.45) is 17.4 Å². The van der Waals surface area contributed by atoms with Gasteiger partial charge >= 0.3 is 29.6 Å². The summed E-state index contributed by atoms with van der Waals surface area (Å²) in [5, 5.41) is 1.69. The van der Waals surface area contributed by atoms with Crippen molar-refractivity contribution in [3.63, 3.8) is 0 Å². The zero-order valence-corrected chi connectivity index (χ0v) is 26.8.